The van der Waals surface area contributed by atoms with Crippen molar-refractivity contribution in [2.45, 2.75) is 13.0 Å². The Morgan fingerprint density at radius 3 is 2.42 bits per heavy atom. The van der Waals surface area contributed by atoms with E-state index in [2.05, 4.69) is 5.32 Å². The second-order valence-corrected chi connectivity index (χ2v) is 2.38. The van der Waals surface area contributed by atoms with Crippen LogP contribution < -0.4 is 5.32 Å². The van der Waals surface area contributed by atoms with E-state index in [4.69, 9.17) is 0 Å². The van der Waals surface area contributed by atoms with Crippen molar-refractivity contribution in [2.75, 3.05) is 0 Å². The Labute approximate surface area is 83.1 Å². The molecule has 3 heteroatoms. The molecule has 1 aromatic rings. The van der Waals surface area contributed by atoms with Gasteiger partial charge in [0, 0.05) is 23.4 Å². The van der Waals surface area contributed by atoms with Gasteiger partial charge in [0.25, 0.3) is 0 Å². The van der Waals surface area contributed by atoms with Crippen LogP contribution in [0.15, 0.2) is 30.3 Å². The van der Waals surface area contributed by atoms with Gasteiger partial charge in [-0.25, -0.2) is 0 Å². The molecule has 0 saturated carbocycles. The zero-order valence-corrected chi connectivity index (χ0v) is 8.06. The molecule has 1 unspecified atom stereocenters. The molecule has 1 amide bonds. The summed E-state index contributed by atoms with van der Waals surface area (Å²) in [4.78, 5) is 9.95. The standard InChI is InChI=1S/C9H10NO.Cr/c1-8(10-7-11)9-5-3-2-4-6-9;/h2-6,8H,1H3,(H,10,11);/q-1;. The van der Waals surface area contributed by atoms with Crippen molar-refractivity contribution < 1.29 is 22.2 Å². The summed E-state index contributed by atoms with van der Waals surface area (Å²) in [5.74, 6) is 0. The molecule has 0 aliphatic heterocycles. The third-order valence-electron chi connectivity index (χ3n) is 1.58. The third kappa shape index (κ3) is 3.08. The summed E-state index contributed by atoms with van der Waals surface area (Å²) in [6.07, 6.45) is 1.67. The zero-order chi connectivity index (χ0) is 8.10. The summed E-state index contributed by atoms with van der Waals surface area (Å²) in [5, 5.41) is 2.56. The van der Waals surface area contributed by atoms with Crippen molar-refractivity contribution in [1.29, 1.82) is 0 Å². The molecule has 64 valence electrons. The van der Waals surface area contributed by atoms with Crippen LogP contribution in [0, 0.1) is 0 Å². The van der Waals surface area contributed by atoms with Gasteiger partial charge in [0.05, 0.1) is 0 Å². The van der Waals surface area contributed by atoms with Gasteiger partial charge >= 0.3 is 0 Å². The predicted molar refractivity (Wildman–Crippen MR) is 43.7 cm³/mol. The van der Waals surface area contributed by atoms with Gasteiger partial charge < -0.3 is 10.1 Å². The van der Waals surface area contributed by atoms with Crippen molar-refractivity contribution in [3.05, 3.63) is 35.9 Å². The summed E-state index contributed by atoms with van der Waals surface area (Å²) in [6, 6.07) is 9.82. The molecule has 0 aromatic heterocycles. The molecule has 0 fully saturated rings. The fourth-order valence-electron chi connectivity index (χ4n) is 0.913. The van der Waals surface area contributed by atoms with Crippen molar-refractivity contribution in [2.24, 2.45) is 0 Å². The molecule has 1 aromatic carbocycles. The van der Waals surface area contributed by atoms with Crippen LogP contribution in [0.5, 0.6) is 0 Å². The number of amides is 1. The van der Waals surface area contributed by atoms with E-state index in [1.807, 2.05) is 37.3 Å². The Morgan fingerprint density at radius 1 is 1.33 bits per heavy atom. The number of nitrogens with one attached hydrogen (secondary N) is 1. The normalized spacial score (nSPS) is 11.1. The second-order valence-electron chi connectivity index (χ2n) is 2.38. The fourth-order valence-corrected chi connectivity index (χ4v) is 0.913. The molecule has 0 spiro atoms. The first-order chi connectivity index (χ1) is 5.34. The van der Waals surface area contributed by atoms with Crippen LogP contribution in [-0.2, 0) is 22.2 Å². The van der Waals surface area contributed by atoms with Crippen LogP contribution >= 0.6 is 0 Å². The minimum absolute atomic E-state index is 0. The smallest absolute Gasteiger partial charge is 0.0205 e. The summed E-state index contributed by atoms with van der Waals surface area (Å²) in [6.45, 7) is 1.92. The molecular weight excluding hydrogens is 190 g/mol. The topological polar surface area (TPSA) is 29.1 Å². The average Bonchev–Trinajstić information content (AvgIpc) is 2.07. The molecule has 1 atom stereocenters. The maximum atomic E-state index is 9.95. The van der Waals surface area contributed by atoms with Crippen molar-refractivity contribution in [3.63, 3.8) is 0 Å². The van der Waals surface area contributed by atoms with Crippen molar-refractivity contribution in [1.82, 2.24) is 5.32 Å². The Balaban J connectivity index is 0.00000121. The Hall–Kier alpha value is -0.778. The van der Waals surface area contributed by atoms with E-state index in [9.17, 15) is 4.79 Å². The van der Waals surface area contributed by atoms with Crippen LogP contribution in [-0.4, -0.2) is 6.41 Å². The first-order valence-corrected chi connectivity index (χ1v) is 3.52. The van der Waals surface area contributed by atoms with E-state index in [-0.39, 0.29) is 23.4 Å². The Morgan fingerprint density at radius 2 is 1.92 bits per heavy atom. The number of benzene rings is 1. The molecule has 0 aliphatic carbocycles. The first-order valence-electron chi connectivity index (χ1n) is 3.52. The maximum absolute atomic E-state index is 9.95. The summed E-state index contributed by atoms with van der Waals surface area (Å²) >= 11 is 0. The molecule has 12 heavy (non-hydrogen) atoms. The first kappa shape index (κ1) is 11.2. The number of hydrogen-bond donors (Lipinski definition) is 1. The quantitative estimate of drug-likeness (QED) is 0.580. The molecule has 0 heterocycles. The summed E-state index contributed by atoms with van der Waals surface area (Å²) in [7, 11) is 0. The van der Waals surface area contributed by atoms with Gasteiger partial charge in [0.2, 0.25) is 0 Å². The number of rotatable bonds is 3. The molecule has 0 radical (unpaired) electrons. The van der Waals surface area contributed by atoms with Gasteiger partial charge in [0.1, 0.15) is 0 Å². The van der Waals surface area contributed by atoms with Gasteiger partial charge in [-0.3, -0.25) is 0 Å². The van der Waals surface area contributed by atoms with Gasteiger partial charge in [0.15, 0.2) is 0 Å². The fraction of sp³-hybridized carbons (Fsp3) is 0.222. The molecule has 1 N–H and O–H groups in total. The van der Waals surface area contributed by atoms with Gasteiger partial charge in [-0.15, -0.1) is 0 Å². The van der Waals surface area contributed by atoms with Crippen LogP contribution in [0.4, 0.5) is 0 Å². The minimum Gasteiger partial charge on any atom is -0.524 e. The molecule has 1 rings (SSSR count). The van der Waals surface area contributed by atoms with Crippen molar-refractivity contribution >= 4 is 6.41 Å². The van der Waals surface area contributed by atoms with Crippen LogP contribution in [0.2, 0.25) is 0 Å². The molecule has 2 nitrogen and oxygen atoms in total. The third-order valence-corrected chi connectivity index (χ3v) is 1.58. The molecule has 0 aliphatic rings. The Kier molecular flexibility index (Phi) is 5.44. The number of hydrogen-bond acceptors (Lipinski definition) is 1. The predicted octanol–water partition coefficient (Wildman–Crippen LogP) is 1.40. The monoisotopic (exact) mass is 200 g/mol. The van der Waals surface area contributed by atoms with E-state index in [1.165, 1.54) is 0 Å². The molecule has 0 saturated heterocycles. The molecule has 0 bridgehead atoms. The van der Waals surface area contributed by atoms with E-state index < -0.39 is 0 Å². The van der Waals surface area contributed by atoms with Gasteiger partial charge in [-0.1, -0.05) is 30.3 Å². The average molecular weight is 200 g/mol. The molecular formula is C9H10CrNO-. The van der Waals surface area contributed by atoms with Gasteiger partial charge in [-0.2, -0.15) is 6.41 Å². The minimum atomic E-state index is 0. The summed E-state index contributed by atoms with van der Waals surface area (Å²) < 4.78 is 0. The zero-order valence-electron chi connectivity index (χ0n) is 6.78. The van der Waals surface area contributed by atoms with E-state index >= 15 is 0 Å². The summed E-state index contributed by atoms with van der Waals surface area (Å²) in [5.41, 5.74) is 1.09. The van der Waals surface area contributed by atoms with E-state index in [1.54, 1.807) is 6.41 Å². The van der Waals surface area contributed by atoms with Gasteiger partial charge in [-0.05, 0) is 12.5 Å². The SMILES string of the molecule is CC(N[C-]=O)c1ccccc1.[Cr]. The second kappa shape index (κ2) is 5.82. The van der Waals surface area contributed by atoms with E-state index in [0.29, 0.717) is 0 Å². The maximum Gasteiger partial charge on any atom is 0.0205 e. The van der Waals surface area contributed by atoms with Crippen molar-refractivity contribution in [3.8, 4) is 0 Å². The largest absolute Gasteiger partial charge is 0.524 e. The van der Waals surface area contributed by atoms with Crippen LogP contribution in [0.1, 0.15) is 18.5 Å². The van der Waals surface area contributed by atoms with E-state index in [0.717, 1.165) is 5.56 Å². The Bertz CT molecular complexity index is 225. The number of carbonyl (C=O) groups excluding carboxylic acids is 1. The van der Waals surface area contributed by atoms with Crippen LogP contribution in [0.3, 0.4) is 0 Å². The van der Waals surface area contributed by atoms with Crippen LogP contribution in [0.25, 0.3) is 0 Å².